The van der Waals surface area contributed by atoms with Gasteiger partial charge >= 0.3 is 0 Å². The van der Waals surface area contributed by atoms with E-state index in [0.717, 1.165) is 29.7 Å². The zero-order valence-corrected chi connectivity index (χ0v) is 19.5. The van der Waals surface area contributed by atoms with Crippen LogP contribution in [0.1, 0.15) is 23.3 Å². The molecule has 1 aliphatic rings. The van der Waals surface area contributed by atoms with E-state index < -0.39 is 10.0 Å². The molecule has 3 aromatic rings. The summed E-state index contributed by atoms with van der Waals surface area (Å²) in [6.07, 6.45) is 3.36. The fourth-order valence-corrected chi connectivity index (χ4v) is 6.77. The molecule has 0 atom stereocenters. The summed E-state index contributed by atoms with van der Waals surface area (Å²) in [4.78, 5) is 25.4. The van der Waals surface area contributed by atoms with Crippen LogP contribution >= 0.6 is 22.9 Å². The van der Waals surface area contributed by atoms with Gasteiger partial charge in [-0.15, -0.1) is 11.3 Å². The molecule has 1 N–H and O–H groups in total. The van der Waals surface area contributed by atoms with Gasteiger partial charge in [-0.3, -0.25) is 9.59 Å². The highest BCUT2D eigenvalue weighted by Gasteiger charge is 2.28. The number of carbonyl (C=O) groups is 1. The SMILES string of the molecule is O=C(Cc1ccc(S(=O)(=O)N2CCCC2)s1)Nc1ccc(=O)n(Cc2ccccc2Cl)c1. The highest BCUT2D eigenvalue weighted by Crippen LogP contribution is 2.27. The van der Waals surface area contributed by atoms with Gasteiger partial charge in [-0.25, -0.2) is 8.42 Å². The van der Waals surface area contributed by atoms with Crippen molar-refractivity contribution in [1.82, 2.24) is 8.87 Å². The molecule has 32 heavy (non-hydrogen) atoms. The van der Waals surface area contributed by atoms with E-state index in [9.17, 15) is 18.0 Å². The van der Waals surface area contributed by atoms with Crippen LogP contribution < -0.4 is 10.9 Å². The Morgan fingerprint density at radius 3 is 2.56 bits per heavy atom. The normalized spacial score (nSPS) is 14.5. The van der Waals surface area contributed by atoms with E-state index in [0.29, 0.717) is 28.7 Å². The number of benzene rings is 1. The molecule has 7 nitrogen and oxygen atoms in total. The third kappa shape index (κ3) is 5.12. The van der Waals surface area contributed by atoms with Gasteiger partial charge in [-0.1, -0.05) is 29.8 Å². The third-order valence-corrected chi connectivity index (χ3v) is 9.02. The van der Waals surface area contributed by atoms with Gasteiger partial charge in [0, 0.05) is 35.3 Å². The predicted octanol–water partition coefficient (Wildman–Crippen LogP) is 3.58. The molecule has 0 radical (unpaired) electrons. The molecule has 0 aliphatic carbocycles. The molecule has 0 spiro atoms. The number of carbonyl (C=O) groups excluding carboxylic acids is 1. The summed E-state index contributed by atoms with van der Waals surface area (Å²) in [5, 5.41) is 3.34. The van der Waals surface area contributed by atoms with Crippen molar-refractivity contribution in [2.24, 2.45) is 0 Å². The lowest BCUT2D eigenvalue weighted by Gasteiger charge is -2.13. The topological polar surface area (TPSA) is 88.5 Å². The molecular formula is C22H22ClN3O4S2. The number of pyridine rings is 1. The summed E-state index contributed by atoms with van der Waals surface area (Å²) >= 11 is 7.30. The maximum Gasteiger partial charge on any atom is 0.252 e. The van der Waals surface area contributed by atoms with Crippen molar-refractivity contribution in [3.63, 3.8) is 0 Å². The number of halogens is 1. The van der Waals surface area contributed by atoms with Crippen LogP contribution in [0.5, 0.6) is 0 Å². The summed E-state index contributed by atoms with van der Waals surface area (Å²) in [6, 6.07) is 13.4. The van der Waals surface area contributed by atoms with Gasteiger partial charge in [0.1, 0.15) is 4.21 Å². The number of amides is 1. The largest absolute Gasteiger partial charge is 0.324 e. The van der Waals surface area contributed by atoms with Crippen molar-refractivity contribution in [2.45, 2.75) is 30.0 Å². The molecule has 168 valence electrons. The summed E-state index contributed by atoms with van der Waals surface area (Å²) < 4.78 is 28.5. The number of hydrogen-bond donors (Lipinski definition) is 1. The number of sulfonamides is 1. The van der Waals surface area contributed by atoms with E-state index in [-0.39, 0.29) is 28.6 Å². The highest BCUT2D eigenvalue weighted by molar-refractivity contribution is 7.91. The van der Waals surface area contributed by atoms with Gasteiger partial charge in [0.25, 0.3) is 15.6 Å². The average Bonchev–Trinajstić information content (AvgIpc) is 3.45. The minimum absolute atomic E-state index is 0.0455. The van der Waals surface area contributed by atoms with E-state index in [1.54, 1.807) is 30.5 Å². The number of thiophene rings is 1. The zero-order chi connectivity index (χ0) is 22.7. The quantitative estimate of drug-likeness (QED) is 0.547. The van der Waals surface area contributed by atoms with E-state index in [2.05, 4.69) is 5.32 Å². The number of hydrogen-bond acceptors (Lipinski definition) is 5. The monoisotopic (exact) mass is 491 g/mol. The van der Waals surface area contributed by atoms with Gasteiger partial charge in [-0.2, -0.15) is 4.31 Å². The number of rotatable bonds is 7. The molecule has 1 aromatic carbocycles. The fraction of sp³-hybridized carbons (Fsp3) is 0.273. The summed E-state index contributed by atoms with van der Waals surface area (Å²) in [6.45, 7) is 1.37. The molecular weight excluding hydrogens is 470 g/mol. The minimum atomic E-state index is -3.48. The molecule has 1 amide bonds. The Morgan fingerprint density at radius 1 is 1.06 bits per heavy atom. The Kier molecular flexibility index (Phi) is 6.80. The second-order valence-corrected chi connectivity index (χ2v) is 11.3. The van der Waals surface area contributed by atoms with Crippen LogP contribution in [0.25, 0.3) is 0 Å². The first-order valence-electron chi connectivity index (χ1n) is 10.2. The van der Waals surface area contributed by atoms with E-state index in [4.69, 9.17) is 11.6 Å². The fourth-order valence-electron chi connectivity index (χ4n) is 3.55. The number of nitrogens with zero attached hydrogens (tertiary/aromatic N) is 2. The van der Waals surface area contributed by atoms with Gasteiger partial charge in [0.2, 0.25) is 5.91 Å². The lowest BCUT2D eigenvalue weighted by Crippen LogP contribution is -2.27. The zero-order valence-electron chi connectivity index (χ0n) is 17.2. The average molecular weight is 492 g/mol. The second kappa shape index (κ2) is 9.58. The van der Waals surface area contributed by atoms with Gasteiger partial charge < -0.3 is 9.88 Å². The Morgan fingerprint density at radius 2 is 1.81 bits per heavy atom. The summed E-state index contributed by atoms with van der Waals surface area (Å²) in [7, 11) is -3.48. The maximum absolute atomic E-state index is 12.7. The lowest BCUT2D eigenvalue weighted by atomic mass is 10.2. The molecule has 1 fully saturated rings. The third-order valence-electron chi connectivity index (χ3n) is 5.20. The minimum Gasteiger partial charge on any atom is -0.324 e. The molecule has 4 rings (SSSR count). The first-order chi connectivity index (χ1) is 15.3. The van der Waals surface area contributed by atoms with Gasteiger partial charge in [0.05, 0.1) is 18.7 Å². The van der Waals surface area contributed by atoms with Crippen molar-refractivity contribution >= 4 is 44.6 Å². The lowest BCUT2D eigenvalue weighted by molar-refractivity contribution is -0.115. The standard InChI is InChI=1S/C22H22ClN3O4S2/c23-19-6-2-1-5-16(19)14-25-15-17(7-9-21(25)28)24-20(27)13-18-8-10-22(31-18)32(29,30)26-11-3-4-12-26/h1-2,5-10,15H,3-4,11-14H2,(H,24,27). The number of aromatic nitrogens is 1. The smallest absolute Gasteiger partial charge is 0.252 e. The maximum atomic E-state index is 12.7. The van der Waals surface area contributed by atoms with Crippen molar-refractivity contribution in [2.75, 3.05) is 18.4 Å². The molecule has 1 saturated heterocycles. The highest BCUT2D eigenvalue weighted by atomic mass is 35.5. The second-order valence-electron chi connectivity index (χ2n) is 7.53. The van der Waals surface area contributed by atoms with E-state index in [1.165, 1.54) is 14.9 Å². The van der Waals surface area contributed by atoms with Crippen molar-refractivity contribution in [3.8, 4) is 0 Å². The van der Waals surface area contributed by atoms with E-state index in [1.807, 2.05) is 18.2 Å². The van der Waals surface area contributed by atoms with E-state index >= 15 is 0 Å². The molecule has 0 bridgehead atoms. The van der Waals surface area contributed by atoms with Crippen molar-refractivity contribution < 1.29 is 13.2 Å². The van der Waals surface area contributed by atoms with Crippen LogP contribution in [-0.2, 0) is 27.8 Å². The Balaban J connectivity index is 1.43. The Bertz CT molecular complexity index is 1290. The van der Waals surface area contributed by atoms with Crippen LogP contribution in [0.2, 0.25) is 5.02 Å². The molecule has 0 saturated carbocycles. The van der Waals surface area contributed by atoms with Crippen LogP contribution in [-0.4, -0.2) is 36.3 Å². The van der Waals surface area contributed by atoms with Crippen LogP contribution in [0.3, 0.4) is 0 Å². The van der Waals surface area contributed by atoms with Crippen LogP contribution in [0, 0.1) is 0 Å². The Hall–Kier alpha value is -2.46. The number of anilines is 1. The predicted molar refractivity (Wildman–Crippen MR) is 126 cm³/mol. The Labute approximate surface area is 195 Å². The summed E-state index contributed by atoms with van der Waals surface area (Å²) in [5.41, 5.74) is 1.06. The molecule has 10 heteroatoms. The van der Waals surface area contributed by atoms with Gasteiger partial charge in [-0.05, 0) is 42.7 Å². The first-order valence-corrected chi connectivity index (χ1v) is 12.8. The van der Waals surface area contributed by atoms with Crippen molar-refractivity contribution in [1.29, 1.82) is 0 Å². The molecule has 1 aliphatic heterocycles. The van der Waals surface area contributed by atoms with Crippen molar-refractivity contribution in [3.05, 3.63) is 80.5 Å². The van der Waals surface area contributed by atoms with Crippen LogP contribution in [0.4, 0.5) is 5.69 Å². The summed E-state index contributed by atoms with van der Waals surface area (Å²) in [5.74, 6) is -0.292. The van der Waals surface area contributed by atoms with Gasteiger partial charge in [0.15, 0.2) is 0 Å². The molecule has 0 unspecified atom stereocenters. The molecule has 2 aromatic heterocycles. The van der Waals surface area contributed by atoms with Crippen LogP contribution in [0.15, 0.2) is 63.7 Å². The molecule has 3 heterocycles. The number of nitrogens with one attached hydrogen (secondary N) is 1. The first kappa shape index (κ1) is 22.7.